The van der Waals surface area contributed by atoms with Gasteiger partial charge in [0.15, 0.2) is 5.92 Å². The lowest BCUT2D eigenvalue weighted by Gasteiger charge is -2.46. The summed E-state index contributed by atoms with van der Waals surface area (Å²) in [5, 5.41) is 12.6. The zero-order chi connectivity index (χ0) is 51.2. The lowest BCUT2D eigenvalue weighted by atomic mass is 9.65. The summed E-state index contributed by atoms with van der Waals surface area (Å²) in [7, 11) is 3.71. The van der Waals surface area contributed by atoms with E-state index in [1.54, 1.807) is 36.4 Å². The van der Waals surface area contributed by atoms with Gasteiger partial charge in [0.1, 0.15) is 42.3 Å². The number of carbonyl (C=O) groups is 6. The molecule has 6 atom stereocenters. The molecule has 1 aromatic heterocycles. The number of aromatic amines is 1. The van der Waals surface area contributed by atoms with E-state index in [0.29, 0.717) is 33.8 Å². The molecule has 0 bridgehead atoms. The number of imide groups is 1. The number of anilines is 1. The van der Waals surface area contributed by atoms with Gasteiger partial charge < -0.3 is 43.8 Å². The second-order valence-electron chi connectivity index (χ2n) is 17.4. The number of aliphatic hydroxyl groups is 1. The van der Waals surface area contributed by atoms with Gasteiger partial charge in [-0.1, -0.05) is 96.8 Å². The smallest absolute Gasteiger partial charge is 0.421 e. The van der Waals surface area contributed by atoms with Crippen LogP contribution in [0.15, 0.2) is 127 Å². The number of ether oxygens (including phenoxy) is 6. The summed E-state index contributed by atoms with van der Waals surface area (Å²) in [6.07, 6.45) is -2.36. The Labute approximate surface area is 419 Å². The first-order chi connectivity index (χ1) is 35.5. The Balaban J connectivity index is 1.31. The summed E-state index contributed by atoms with van der Waals surface area (Å²) in [6, 6.07) is 33.6. The highest BCUT2D eigenvalue weighted by Crippen LogP contribution is 2.66. The lowest BCUT2D eigenvalue weighted by Crippen LogP contribution is -2.55. The number of H-pyrrole nitrogens is 1. The zero-order valence-corrected chi connectivity index (χ0v) is 40.0. The first kappa shape index (κ1) is 49.6. The number of amides is 3. The fraction of sp³-hybridized carbons (Fsp3) is 0.291. The summed E-state index contributed by atoms with van der Waals surface area (Å²) in [5.74, 6) is -0.513. The van der Waals surface area contributed by atoms with Gasteiger partial charge in [0.2, 0.25) is 11.8 Å². The molecule has 374 valence electrons. The van der Waals surface area contributed by atoms with Crippen molar-refractivity contribution in [2.45, 2.75) is 42.6 Å². The van der Waals surface area contributed by atoms with Gasteiger partial charge in [-0.15, -0.1) is 0 Å². The first-order valence-corrected chi connectivity index (χ1v) is 23.5. The number of para-hydroxylation sites is 2. The molecule has 5 aromatic carbocycles. The molecule has 2 fully saturated rings. The van der Waals surface area contributed by atoms with E-state index in [9.17, 15) is 19.5 Å². The molecule has 4 heterocycles. The summed E-state index contributed by atoms with van der Waals surface area (Å²) < 4.78 is 32.9. The van der Waals surface area contributed by atoms with Crippen molar-refractivity contribution in [1.29, 1.82) is 0 Å². The molecule has 0 radical (unpaired) electrons. The van der Waals surface area contributed by atoms with Gasteiger partial charge in [-0.2, -0.15) is 0 Å². The number of hydrogen-bond donors (Lipinski definition) is 3. The average molecular weight is 990 g/mol. The lowest BCUT2D eigenvalue weighted by molar-refractivity contribution is -0.178. The van der Waals surface area contributed by atoms with E-state index < -0.39 is 77.3 Å². The van der Waals surface area contributed by atoms with Crippen molar-refractivity contribution in [3.63, 3.8) is 0 Å². The molecule has 18 heteroatoms. The minimum absolute atomic E-state index is 0.0000895. The van der Waals surface area contributed by atoms with Gasteiger partial charge in [-0.25, -0.2) is 14.7 Å². The third kappa shape index (κ3) is 9.25. The molecule has 18 nitrogen and oxygen atoms in total. The predicted molar refractivity (Wildman–Crippen MR) is 261 cm³/mol. The maximum absolute atomic E-state index is 16.5. The molecule has 3 N–H and O–H groups in total. The number of benzene rings is 5. The van der Waals surface area contributed by atoms with Crippen LogP contribution in [-0.2, 0) is 59.6 Å². The van der Waals surface area contributed by atoms with Gasteiger partial charge in [0.05, 0.1) is 68.7 Å². The minimum atomic E-state index is -2.18. The van der Waals surface area contributed by atoms with E-state index in [1.165, 1.54) is 13.2 Å². The van der Waals surface area contributed by atoms with E-state index >= 15 is 14.4 Å². The zero-order valence-electron chi connectivity index (χ0n) is 40.0. The highest BCUT2D eigenvalue weighted by atomic mass is 16.6. The van der Waals surface area contributed by atoms with Crippen LogP contribution in [0.25, 0.3) is 11.0 Å². The van der Waals surface area contributed by atoms with Crippen molar-refractivity contribution in [2.24, 2.45) is 11.8 Å². The number of rotatable bonds is 15. The molecule has 9 rings (SSSR count). The average Bonchev–Trinajstić information content (AvgIpc) is 4.07. The highest BCUT2D eigenvalue weighted by molar-refractivity contribution is 6.23. The van der Waals surface area contributed by atoms with Crippen molar-refractivity contribution in [1.82, 2.24) is 20.2 Å². The quantitative estimate of drug-likeness (QED) is 0.0385. The fourth-order valence-corrected chi connectivity index (χ4v) is 10.3. The van der Waals surface area contributed by atoms with Crippen LogP contribution in [0.5, 0.6) is 5.75 Å². The second-order valence-corrected chi connectivity index (χ2v) is 17.4. The standard InChI is InChI=1S/C55H51N5O13/c1-68-29-30-72-54(67)59-42-26-21-33(13-12-18-38(50(63)69-2)51(64)70-3)31-39(42)55(53(59)66)44(49(62)56-32-43-57-40-19-10-11-20-41(40)58-43)46-52(65)73-47(35-16-8-5-9-17-35)45(34-14-6-4-7-15-34)60(46)48(55)36-22-24-37(25-23-36)71-28-27-61/h4-11,14-17,19-26,31,38,44-48,61H,18,27-30,32H2,1-3H3,(H,56,62)(H,57,58). The van der Waals surface area contributed by atoms with Crippen LogP contribution in [0, 0.1) is 23.7 Å². The molecular weight excluding hydrogens is 939 g/mol. The molecule has 0 aliphatic carbocycles. The van der Waals surface area contributed by atoms with E-state index in [1.807, 2.05) is 89.8 Å². The van der Waals surface area contributed by atoms with Crippen LogP contribution in [0.3, 0.4) is 0 Å². The van der Waals surface area contributed by atoms with Crippen molar-refractivity contribution in [2.75, 3.05) is 52.7 Å². The van der Waals surface area contributed by atoms with Gasteiger partial charge >= 0.3 is 24.0 Å². The van der Waals surface area contributed by atoms with Crippen LogP contribution >= 0.6 is 0 Å². The summed E-state index contributed by atoms with van der Waals surface area (Å²) in [6.45, 7) is -0.656. The number of hydrogen-bond acceptors (Lipinski definition) is 15. The molecule has 6 aromatic rings. The van der Waals surface area contributed by atoms with Gasteiger partial charge in [-0.05, 0) is 64.7 Å². The Kier molecular flexibility index (Phi) is 14.6. The Hall–Kier alpha value is -8.37. The summed E-state index contributed by atoms with van der Waals surface area (Å²) >= 11 is 0. The molecule has 0 saturated carbocycles. The topological polar surface area (TPSA) is 225 Å². The van der Waals surface area contributed by atoms with Crippen LogP contribution in [0.1, 0.15) is 58.3 Å². The van der Waals surface area contributed by atoms with Crippen LogP contribution in [0.4, 0.5) is 10.5 Å². The summed E-state index contributed by atoms with van der Waals surface area (Å²) in [4.78, 5) is 98.2. The van der Waals surface area contributed by atoms with Gasteiger partial charge in [-0.3, -0.25) is 28.9 Å². The molecule has 1 spiro atoms. The monoisotopic (exact) mass is 989 g/mol. The predicted octanol–water partition coefficient (Wildman–Crippen LogP) is 5.40. The number of aliphatic hydroxyl groups excluding tert-OH is 1. The molecule has 3 aliphatic rings. The number of carbonyl (C=O) groups excluding carboxylic acids is 6. The van der Waals surface area contributed by atoms with E-state index in [4.69, 9.17) is 28.4 Å². The number of fused-ring (bicyclic) bond motifs is 4. The number of methoxy groups -OCH3 is 3. The molecule has 3 amide bonds. The number of aromatic nitrogens is 2. The third-order valence-electron chi connectivity index (χ3n) is 13.4. The van der Waals surface area contributed by atoms with Crippen LogP contribution in [-0.4, -0.2) is 110 Å². The number of cyclic esters (lactones) is 1. The largest absolute Gasteiger partial charge is 0.491 e. The molecular formula is C55H51N5O13. The Morgan fingerprint density at radius 1 is 0.808 bits per heavy atom. The first-order valence-electron chi connectivity index (χ1n) is 23.5. The van der Waals surface area contributed by atoms with E-state index in [0.717, 1.165) is 24.6 Å². The molecule has 73 heavy (non-hydrogen) atoms. The second kappa shape index (κ2) is 21.5. The normalized spacial score (nSPS) is 20.9. The van der Waals surface area contributed by atoms with Gasteiger partial charge in [0.25, 0.3) is 0 Å². The SMILES string of the molecule is COCCOC(=O)N1C(=O)C2(c3cc(C#CCC(C(=O)OC)C(=O)OC)ccc31)C(C(=O)NCc1nc3ccccc3[nH]1)C1C(=O)OC(c3ccccc3)C(c3ccccc3)N1C2c1ccc(OCCO)cc1. The maximum Gasteiger partial charge on any atom is 0.421 e. The number of nitrogens with zero attached hydrogens (tertiary/aromatic N) is 3. The van der Waals surface area contributed by atoms with Crippen molar-refractivity contribution in [3.05, 3.63) is 161 Å². The Bertz CT molecular complexity index is 3050. The maximum atomic E-state index is 16.5. The van der Waals surface area contributed by atoms with Crippen LogP contribution in [0.2, 0.25) is 0 Å². The Morgan fingerprint density at radius 3 is 2.16 bits per heavy atom. The van der Waals surface area contributed by atoms with Gasteiger partial charge in [0, 0.05) is 19.1 Å². The van der Waals surface area contributed by atoms with Crippen molar-refractivity contribution < 1.29 is 62.3 Å². The highest BCUT2D eigenvalue weighted by Gasteiger charge is 2.75. The molecule has 6 unspecified atom stereocenters. The van der Waals surface area contributed by atoms with E-state index in [2.05, 4.69) is 27.1 Å². The molecule has 3 aliphatic heterocycles. The number of morpholine rings is 1. The minimum Gasteiger partial charge on any atom is -0.491 e. The Morgan fingerprint density at radius 2 is 1.49 bits per heavy atom. The summed E-state index contributed by atoms with van der Waals surface area (Å²) in [5.41, 5.74) is 1.41. The van der Waals surface area contributed by atoms with E-state index in [-0.39, 0.29) is 56.2 Å². The fourth-order valence-electron chi connectivity index (χ4n) is 10.3. The third-order valence-corrected chi connectivity index (χ3v) is 13.4. The number of esters is 3. The van der Waals surface area contributed by atoms with Crippen molar-refractivity contribution >= 4 is 52.5 Å². The molecule has 2 saturated heterocycles. The number of imidazole rings is 1. The number of nitrogens with one attached hydrogen (secondary N) is 2. The van der Waals surface area contributed by atoms with Crippen LogP contribution < -0.4 is 15.0 Å². The van der Waals surface area contributed by atoms with Crippen molar-refractivity contribution in [3.8, 4) is 17.6 Å².